The molecule has 1 unspecified atom stereocenters. The Labute approximate surface area is 98.9 Å². The van der Waals surface area contributed by atoms with Crippen LogP contribution in [0, 0.1) is 5.92 Å². The van der Waals surface area contributed by atoms with Gasteiger partial charge in [0.25, 0.3) is 0 Å². The first-order valence-electron chi connectivity index (χ1n) is 6.66. The van der Waals surface area contributed by atoms with Crippen molar-refractivity contribution >= 4 is 0 Å². The molecule has 94 valence electrons. The lowest BCUT2D eigenvalue weighted by Gasteiger charge is -2.31. The number of hydrogen-bond donors (Lipinski definition) is 1. The highest BCUT2D eigenvalue weighted by Crippen LogP contribution is 2.33. The summed E-state index contributed by atoms with van der Waals surface area (Å²) in [5.41, 5.74) is 0.374. The fraction of sp³-hybridized carbons (Fsp3) is 1.00. The number of ether oxygens (including phenoxy) is 2. The number of nitrogens with one attached hydrogen (secondary N) is 1. The lowest BCUT2D eigenvalue weighted by molar-refractivity contribution is 0.148. The zero-order valence-electron chi connectivity index (χ0n) is 10.5. The van der Waals surface area contributed by atoms with Gasteiger partial charge in [-0.25, -0.2) is 0 Å². The summed E-state index contributed by atoms with van der Waals surface area (Å²) in [7, 11) is 1.80. The summed E-state index contributed by atoms with van der Waals surface area (Å²) in [6.07, 6.45) is 7.79. The predicted octanol–water partition coefficient (Wildman–Crippen LogP) is 1.96. The molecule has 1 aliphatic heterocycles. The van der Waals surface area contributed by atoms with E-state index < -0.39 is 0 Å². The molecule has 1 aliphatic carbocycles. The minimum atomic E-state index is 0.374. The zero-order valence-corrected chi connectivity index (χ0v) is 10.5. The SMILES string of the molecule is COCCC1(NCC2CCOC2)CCCC1. The van der Waals surface area contributed by atoms with Crippen LogP contribution in [-0.2, 0) is 9.47 Å². The van der Waals surface area contributed by atoms with Crippen LogP contribution in [0.5, 0.6) is 0 Å². The van der Waals surface area contributed by atoms with E-state index in [1.54, 1.807) is 7.11 Å². The topological polar surface area (TPSA) is 30.5 Å². The molecule has 0 radical (unpaired) electrons. The van der Waals surface area contributed by atoms with E-state index >= 15 is 0 Å². The summed E-state index contributed by atoms with van der Waals surface area (Å²) < 4.78 is 10.7. The van der Waals surface area contributed by atoms with Crippen molar-refractivity contribution in [1.29, 1.82) is 0 Å². The monoisotopic (exact) mass is 227 g/mol. The fourth-order valence-electron chi connectivity index (χ4n) is 2.97. The molecule has 1 N–H and O–H groups in total. The van der Waals surface area contributed by atoms with Gasteiger partial charge in [-0.3, -0.25) is 0 Å². The van der Waals surface area contributed by atoms with E-state index in [0.29, 0.717) is 5.54 Å². The van der Waals surface area contributed by atoms with Crippen molar-refractivity contribution in [3.63, 3.8) is 0 Å². The predicted molar refractivity (Wildman–Crippen MR) is 64.6 cm³/mol. The standard InChI is InChI=1S/C13H25NO2/c1-15-9-7-13(5-2-3-6-13)14-10-12-4-8-16-11-12/h12,14H,2-11H2,1H3. The first-order chi connectivity index (χ1) is 7.85. The maximum atomic E-state index is 5.42. The summed E-state index contributed by atoms with van der Waals surface area (Å²) >= 11 is 0. The average Bonchev–Trinajstić information content (AvgIpc) is 2.96. The zero-order chi connectivity index (χ0) is 11.3. The molecule has 2 fully saturated rings. The molecule has 0 spiro atoms. The lowest BCUT2D eigenvalue weighted by Crippen LogP contribution is -2.45. The van der Waals surface area contributed by atoms with Gasteiger partial charge < -0.3 is 14.8 Å². The first kappa shape index (κ1) is 12.3. The highest BCUT2D eigenvalue weighted by molar-refractivity contribution is 4.93. The molecule has 1 saturated heterocycles. The van der Waals surface area contributed by atoms with Gasteiger partial charge in [-0.15, -0.1) is 0 Å². The largest absolute Gasteiger partial charge is 0.385 e. The van der Waals surface area contributed by atoms with Crippen LogP contribution in [0.15, 0.2) is 0 Å². The van der Waals surface area contributed by atoms with Gasteiger partial charge in [0.2, 0.25) is 0 Å². The molecular weight excluding hydrogens is 202 g/mol. The summed E-state index contributed by atoms with van der Waals surface area (Å²) in [6, 6.07) is 0. The van der Waals surface area contributed by atoms with Gasteiger partial charge in [-0.2, -0.15) is 0 Å². The minimum absolute atomic E-state index is 0.374. The Bertz CT molecular complexity index is 196. The van der Waals surface area contributed by atoms with Gasteiger partial charge in [-0.05, 0) is 31.6 Å². The molecule has 3 nitrogen and oxygen atoms in total. The molecule has 3 heteroatoms. The second-order valence-corrected chi connectivity index (χ2v) is 5.34. The Hall–Kier alpha value is -0.120. The molecule has 0 aromatic heterocycles. The molecule has 1 atom stereocenters. The highest BCUT2D eigenvalue weighted by atomic mass is 16.5. The summed E-state index contributed by atoms with van der Waals surface area (Å²) in [4.78, 5) is 0. The molecule has 2 rings (SSSR count). The maximum Gasteiger partial charge on any atom is 0.0507 e. The van der Waals surface area contributed by atoms with Crippen LogP contribution in [0.4, 0.5) is 0 Å². The van der Waals surface area contributed by atoms with E-state index in [0.717, 1.165) is 38.7 Å². The minimum Gasteiger partial charge on any atom is -0.385 e. The van der Waals surface area contributed by atoms with Gasteiger partial charge in [0.15, 0.2) is 0 Å². The van der Waals surface area contributed by atoms with Crippen LogP contribution in [0.2, 0.25) is 0 Å². The normalized spacial score (nSPS) is 28.7. The lowest BCUT2D eigenvalue weighted by atomic mass is 9.92. The molecule has 0 aromatic rings. The summed E-state index contributed by atoms with van der Waals surface area (Å²) in [5.74, 6) is 0.736. The first-order valence-corrected chi connectivity index (χ1v) is 6.66. The van der Waals surface area contributed by atoms with Crippen molar-refractivity contribution in [1.82, 2.24) is 5.32 Å². The van der Waals surface area contributed by atoms with Crippen molar-refractivity contribution < 1.29 is 9.47 Å². The Morgan fingerprint density at radius 2 is 2.19 bits per heavy atom. The molecule has 0 amide bonds. The number of rotatable bonds is 6. The Morgan fingerprint density at radius 3 is 2.81 bits per heavy atom. The molecule has 16 heavy (non-hydrogen) atoms. The second-order valence-electron chi connectivity index (χ2n) is 5.34. The van der Waals surface area contributed by atoms with Crippen molar-refractivity contribution in [3.05, 3.63) is 0 Å². The van der Waals surface area contributed by atoms with E-state index in [-0.39, 0.29) is 0 Å². The van der Waals surface area contributed by atoms with E-state index in [2.05, 4.69) is 5.32 Å². The highest BCUT2D eigenvalue weighted by Gasteiger charge is 2.33. The molecule has 1 saturated carbocycles. The summed E-state index contributed by atoms with van der Waals surface area (Å²) in [5, 5.41) is 3.81. The smallest absolute Gasteiger partial charge is 0.0507 e. The van der Waals surface area contributed by atoms with Gasteiger partial charge in [0, 0.05) is 32.4 Å². The van der Waals surface area contributed by atoms with Crippen LogP contribution < -0.4 is 5.32 Å². The molecule has 1 heterocycles. The number of hydrogen-bond acceptors (Lipinski definition) is 3. The van der Waals surface area contributed by atoms with Crippen LogP contribution in [0.3, 0.4) is 0 Å². The van der Waals surface area contributed by atoms with Crippen molar-refractivity contribution in [2.75, 3.05) is 33.5 Å². The van der Waals surface area contributed by atoms with E-state index in [4.69, 9.17) is 9.47 Å². The van der Waals surface area contributed by atoms with Crippen molar-refractivity contribution in [2.24, 2.45) is 5.92 Å². The third kappa shape index (κ3) is 3.19. The van der Waals surface area contributed by atoms with Crippen LogP contribution in [0.1, 0.15) is 38.5 Å². The Morgan fingerprint density at radius 1 is 1.38 bits per heavy atom. The van der Waals surface area contributed by atoms with Crippen LogP contribution in [-0.4, -0.2) is 39.0 Å². The summed E-state index contributed by atoms with van der Waals surface area (Å²) in [6.45, 7) is 3.92. The van der Waals surface area contributed by atoms with Crippen LogP contribution >= 0.6 is 0 Å². The average molecular weight is 227 g/mol. The van der Waals surface area contributed by atoms with Gasteiger partial charge >= 0.3 is 0 Å². The van der Waals surface area contributed by atoms with Crippen LogP contribution in [0.25, 0.3) is 0 Å². The third-order valence-electron chi connectivity index (χ3n) is 4.14. The van der Waals surface area contributed by atoms with Crippen molar-refractivity contribution in [2.45, 2.75) is 44.1 Å². The quantitative estimate of drug-likeness (QED) is 0.752. The molecule has 2 aliphatic rings. The van der Waals surface area contributed by atoms with Gasteiger partial charge in [0.1, 0.15) is 0 Å². The number of methoxy groups -OCH3 is 1. The molecule has 0 bridgehead atoms. The van der Waals surface area contributed by atoms with Crippen molar-refractivity contribution in [3.8, 4) is 0 Å². The molecular formula is C13H25NO2. The Balaban J connectivity index is 1.77. The van der Waals surface area contributed by atoms with Gasteiger partial charge in [0.05, 0.1) is 6.61 Å². The maximum absolute atomic E-state index is 5.42. The Kier molecular flexibility index (Phi) is 4.62. The van der Waals surface area contributed by atoms with Gasteiger partial charge in [-0.1, -0.05) is 12.8 Å². The van der Waals surface area contributed by atoms with E-state index in [9.17, 15) is 0 Å². The third-order valence-corrected chi connectivity index (χ3v) is 4.14. The van der Waals surface area contributed by atoms with E-state index in [1.165, 1.54) is 32.1 Å². The van der Waals surface area contributed by atoms with E-state index in [1.807, 2.05) is 0 Å². The fourth-order valence-corrected chi connectivity index (χ4v) is 2.97. The molecule has 0 aromatic carbocycles. The second kappa shape index (κ2) is 5.99.